The molecule has 0 radical (unpaired) electrons. The molecule has 0 aliphatic carbocycles. The van der Waals surface area contributed by atoms with Crippen molar-refractivity contribution in [3.63, 3.8) is 0 Å². The minimum Gasteiger partial charge on any atom is -0.343 e. The number of aromatic nitrogens is 4. The number of ether oxygens (including phenoxy) is 2. The van der Waals surface area contributed by atoms with Crippen LogP contribution in [0.25, 0.3) is 5.69 Å². The third-order valence-corrected chi connectivity index (χ3v) is 4.82. The highest BCUT2D eigenvalue weighted by Crippen LogP contribution is 2.32. The highest BCUT2D eigenvalue weighted by Gasteiger charge is 2.45. The van der Waals surface area contributed by atoms with Gasteiger partial charge in [-0.05, 0) is 59.8 Å². The Kier molecular flexibility index (Phi) is 3.40. The Balaban J connectivity index is 1.72. The minimum absolute atomic E-state index is 0.0774. The first kappa shape index (κ1) is 14.7. The van der Waals surface area contributed by atoms with Gasteiger partial charge in [-0.25, -0.2) is 4.68 Å². The molecular formula is C15H16N4O3S. The zero-order valence-electron chi connectivity index (χ0n) is 12.8. The molecule has 8 heteroatoms. The normalized spacial score (nSPS) is 26.7. The molecule has 0 N–H and O–H groups in total. The minimum atomic E-state index is -0.722. The molecule has 23 heavy (non-hydrogen) atoms. The predicted molar refractivity (Wildman–Crippen MR) is 82.9 cm³/mol. The first-order chi connectivity index (χ1) is 11.0. The van der Waals surface area contributed by atoms with Gasteiger partial charge in [0, 0.05) is 6.42 Å². The highest BCUT2D eigenvalue weighted by molar-refractivity contribution is 7.71. The summed E-state index contributed by atoms with van der Waals surface area (Å²) in [5.74, 6) is -0.0774. The second-order valence-electron chi connectivity index (χ2n) is 5.96. The van der Waals surface area contributed by atoms with Gasteiger partial charge in [-0.15, -0.1) is 0 Å². The Labute approximate surface area is 137 Å². The number of ketones is 1. The molecule has 2 aliphatic rings. The number of fused-ring (bicyclic) bond motifs is 2. The molecule has 2 saturated heterocycles. The van der Waals surface area contributed by atoms with Gasteiger partial charge in [0.2, 0.25) is 11.1 Å². The molecule has 0 saturated carbocycles. The van der Waals surface area contributed by atoms with Crippen LogP contribution in [0.1, 0.15) is 23.6 Å². The molecular weight excluding hydrogens is 316 g/mol. The number of rotatable bonds is 2. The van der Waals surface area contributed by atoms with Crippen LogP contribution in [0.4, 0.5) is 0 Å². The lowest BCUT2D eigenvalue weighted by Gasteiger charge is -2.25. The standard InChI is InChI=1S/C15H16N4O3S/c1-8-3-4-10(5-9(8)2)18-15(23)19(17-16-18)11-6-12(20)14-21-7-13(11)22-14/h3-5,11,13-14H,6-7H2,1-2H3/t11-,13-,14-/m1/s1. The quantitative estimate of drug-likeness (QED) is 0.779. The first-order valence-electron chi connectivity index (χ1n) is 7.46. The molecule has 2 fully saturated rings. The summed E-state index contributed by atoms with van der Waals surface area (Å²) in [4.78, 5) is 12.0. The molecule has 2 aliphatic heterocycles. The van der Waals surface area contributed by atoms with Crippen molar-refractivity contribution in [2.75, 3.05) is 6.61 Å². The smallest absolute Gasteiger partial charge is 0.221 e. The third-order valence-electron chi connectivity index (χ3n) is 4.46. The lowest BCUT2D eigenvalue weighted by Crippen LogP contribution is -2.37. The number of hydrogen-bond donors (Lipinski definition) is 0. The summed E-state index contributed by atoms with van der Waals surface area (Å²) in [5.41, 5.74) is 3.21. The van der Waals surface area contributed by atoms with Gasteiger partial charge in [0.15, 0.2) is 5.78 Å². The molecule has 2 bridgehead atoms. The van der Waals surface area contributed by atoms with Gasteiger partial charge in [0.25, 0.3) is 0 Å². The van der Waals surface area contributed by atoms with Crippen LogP contribution in [-0.4, -0.2) is 44.6 Å². The van der Waals surface area contributed by atoms with Crippen molar-refractivity contribution in [1.82, 2.24) is 19.8 Å². The van der Waals surface area contributed by atoms with Crippen molar-refractivity contribution in [2.45, 2.75) is 38.7 Å². The first-order valence-corrected chi connectivity index (χ1v) is 7.87. The van der Waals surface area contributed by atoms with E-state index in [2.05, 4.69) is 17.4 Å². The summed E-state index contributed by atoms with van der Waals surface area (Å²) in [5, 5.41) is 8.31. The van der Waals surface area contributed by atoms with Crippen molar-refractivity contribution < 1.29 is 14.3 Å². The molecule has 7 nitrogen and oxygen atoms in total. The van der Waals surface area contributed by atoms with Crippen molar-refractivity contribution in [3.05, 3.63) is 34.1 Å². The van der Waals surface area contributed by atoms with E-state index >= 15 is 0 Å². The van der Waals surface area contributed by atoms with E-state index in [0.717, 1.165) is 11.3 Å². The maximum absolute atomic E-state index is 12.0. The van der Waals surface area contributed by atoms with E-state index in [0.29, 0.717) is 17.8 Å². The number of carbonyl (C=O) groups excluding carboxylic acids is 1. The van der Waals surface area contributed by atoms with Gasteiger partial charge in [-0.1, -0.05) is 6.07 Å². The number of hydrogen-bond acceptors (Lipinski definition) is 6. The Bertz CT molecular complexity index is 843. The monoisotopic (exact) mass is 332 g/mol. The SMILES string of the molecule is Cc1ccc(-n2nnn([C@@H]3CC(=O)[C@@H]4OC[C@H]3O4)c2=S)cc1C. The fraction of sp³-hybridized carbons (Fsp3) is 0.467. The molecule has 0 amide bonds. The maximum Gasteiger partial charge on any atom is 0.221 e. The summed E-state index contributed by atoms with van der Waals surface area (Å²) >= 11 is 5.51. The zero-order valence-corrected chi connectivity index (χ0v) is 13.6. The second-order valence-corrected chi connectivity index (χ2v) is 6.33. The highest BCUT2D eigenvalue weighted by atomic mass is 32.1. The van der Waals surface area contributed by atoms with Crippen molar-refractivity contribution in [2.24, 2.45) is 0 Å². The molecule has 0 unspecified atom stereocenters. The molecule has 120 valence electrons. The van der Waals surface area contributed by atoms with E-state index in [4.69, 9.17) is 21.7 Å². The molecule has 4 rings (SSSR count). The lowest BCUT2D eigenvalue weighted by atomic mass is 10.0. The molecule has 0 spiro atoms. The van der Waals surface area contributed by atoms with E-state index in [1.165, 1.54) is 5.56 Å². The summed E-state index contributed by atoms with van der Waals surface area (Å²) in [6.45, 7) is 4.46. The topological polar surface area (TPSA) is 71.2 Å². The Morgan fingerprint density at radius 1 is 1.26 bits per heavy atom. The van der Waals surface area contributed by atoms with Crippen molar-refractivity contribution in [1.29, 1.82) is 0 Å². The van der Waals surface area contributed by atoms with E-state index in [-0.39, 0.29) is 17.9 Å². The summed E-state index contributed by atoms with van der Waals surface area (Å²) in [6, 6.07) is 5.72. The Morgan fingerprint density at radius 3 is 2.87 bits per heavy atom. The van der Waals surface area contributed by atoms with E-state index in [1.54, 1.807) is 9.36 Å². The Hall–Kier alpha value is -1.90. The van der Waals surface area contributed by atoms with Gasteiger partial charge in [-0.3, -0.25) is 4.79 Å². The molecule has 3 heterocycles. The van der Waals surface area contributed by atoms with Crippen LogP contribution >= 0.6 is 12.2 Å². The lowest BCUT2D eigenvalue weighted by molar-refractivity contribution is -0.156. The number of benzene rings is 1. The van der Waals surface area contributed by atoms with Crippen LogP contribution in [0, 0.1) is 18.6 Å². The number of carbonyl (C=O) groups is 1. The molecule has 1 aromatic carbocycles. The van der Waals surface area contributed by atoms with Crippen LogP contribution in [0.3, 0.4) is 0 Å². The summed E-state index contributed by atoms with van der Waals surface area (Å²) in [7, 11) is 0. The predicted octanol–water partition coefficient (Wildman–Crippen LogP) is 1.67. The van der Waals surface area contributed by atoms with Crippen molar-refractivity contribution in [3.8, 4) is 5.69 Å². The molecule has 2 aromatic rings. The average Bonchev–Trinajstić information content (AvgIpc) is 3.12. The van der Waals surface area contributed by atoms with Crippen LogP contribution in [0.5, 0.6) is 0 Å². The van der Waals surface area contributed by atoms with Gasteiger partial charge in [0.05, 0.1) is 18.3 Å². The van der Waals surface area contributed by atoms with Crippen LogP contribution in [-0.2, 0) is 14.3 Å². The fourth-order valence-electron chi connectivity index (χ4n) is 2.95. The number of aryl methyl sites for hydroxylation is 2. The zero-order chi connectivity index (χ0) is 16.1. The molecule has 1 aromatic heterocycles. The van der Waals surface area contributed by atoms with Gasteiger partial charge >= 0.3 is 0 Å². The number of tetrazole rings is 1. The van der Waals surface area contributed by atoms with Gasteiger partial charge < -0.3 is 9.47 Å². The Morgan fingerprint density at radius 2 is 2.09 bits per heavy atom. The van der Waals surface area contributed by atoms with Crippen LogP contribution in [0.15, 0.2) is 18.2 Å². The number of nitrogens with zero attached hydrogens (tertiary/aromatic N) is 4. The number of Topliss-reactive ketones (excluding diaryl/α,β-unsaturated/α-hetero) is 1. The maximum atomic E-state index is 12.0. The van der Waals surface area contributed by atoms with E-state index in [9.17, 15) is 4.79 Å². The summed E-state index contributed by atoms with van der Waals surface area (Å²) in [6.07, 6.45) is -0.635. The van der Waals surface area contributed by atoms with Crippen molar-refractivity contribution >= 4 is 18.0 Å². The fourth-order valence-corrected chi connectivity index (χ4v) is 3.27. The van der Waals surface area contributed by atoms with E-state index < -0.39 is 6.29 Å². The molecule has 3 atom stereocenters. The van der Waals surface area contributed by atoms with Crippen LogP contribution in [0.2, 0.25) is 0 Å². The largest absolute Gasteiger partial charge is 0.343 e. The average molecular weight is 332 g/mol. The summed E-state index contributed by atoms with van der Waals surface area (Å²) < 4.78 is 14.5. The van der Waals surface area contributed by atoms with Crippen LogP contribution < -0.4 is 0 Å². The van der Waals surface area contributed by atoms with Gasteiger partial charge in [0.1, 0.15) is 6.10 Å². The second kappa shape index (κ2) is 5.33. The van der Waals surface area contributed by atoms with E-state index in [1.807, 2.05) is 25.1 Å². The third kappa shape index (κ3) is 2.34. The van der Waals surface area contributed by atoms with Gasteiger partial charge in [-0.2, -0.15) is 4.68 Å².